The molecule has 0 amide bonds. The molecule has 0 bridgehead atoms. The zero-order valence-electron chi connectivity index (χ0n) is 9.95. The Labute approximate surface area is 109 Å². The van der Waals surface area contributed by atoms with Crippen molar-refractivity contribution in [1.29, 1.82) is 0 Å². The lowest BCUT2D eigenvalue weighted by Gasteiger charge is -2.10. The van der Waals surface area contributed by atoms with E-state index in [0.29, 0.717) is 22.0 Å². The number of aromatic amines is 1. The number of hydrogen-bond donors (Lipinski definition) is 2. The second-order valence-electron chi connectivity index (χ2n) is 3.82. The van der Waals surface area contributed by atoms with E-state index in [1.54, 1.807) is 19.2 Å². The number of aromatic nitrogens is 2. The molecule has 0 radical (unpaired) electrons. The highest BCUT2D eigenvalue weighted by atomic mass is 35.5. The van der Waals surface area contributed by atoms with Crippen molar-refractivity contribution in [2.24, 2.45) is 0 Å². The summed E-state index contributed by atoms with van der Waals surface area (Å²) in [5.41, 5.74) is 7.13. The first-order chi connectivity index (χ1) is 8.51. The lowest BCUT2D eigenvalue weighted by Crippen LogP contribution is -2.10. The normalized spacial score (nSPS) is 10.4. The van der Waals surface area contributed by atoms with E-state index in [-0.39, 0.29) is 11.5 Å². The van der Waals surface area contributed by atoms with Gasteiger partial charge in [-0.2, -0.15) is 0 Å². The second kappa shape index (κ2) is 4.70. The van der Waals surface area contributed by atoms with E-state index >= 15 is 0 Å². The molecule has 0 fully saturated rings. The lowest BCUT2D eigenvalue weighted by molar-refractivity contribution is 0.416. The molecule has 0 aliphatic heterocycles. The van der Waals surface area contributed by atoms with Crippen LogP contribution in [0.25, 0.3) is 11.3 Å². The first-order valence-electron chi connectivity index (χ1n) is 5.22. The first kappa shape index (κ1) is 12.4. The van der Waals surface area contributed by atoms with Crippen molar-refractivity contribution in [3.05, 3.63) is 39.1 Å². The third-order valence-corrected chi connectivity index (χ3v) is 2.92. The summed E-state index contributed by atoms with van der Waals surface area (Å²) in [5.74, 6) is 0.644. The van der Waals surface area contributed by atoms with Crippen molar-refractivity contribution in [1.82, 2.24) is 9.97 Å². The Morgan fingerprint density at radius 2 is 2.11 bits per heavy atom. The summed E-state index contributed by atoms with van der Waals surface area (Å²) in [6.45, 7) is 1.87. The Balaban J connectivity index is 2.69. The molecule has 1 aromatic carbocycles. The number of rotatable bonds is 2. The zero-order valence-corrected chi connectivity index (χ0v) is 10.7. The highest BCUT2D eigenvalue weighted by Crippen LogP contribution is 2.33. The van der Waals surface area contributed by atoms with Crippen LogP contribution in [-0.2, 0) is 0 Å². The van der Waals surface area contributed by atoms with Crippen molar-refractivity contribution in [2.75, 3.05) is 12.8 Å². The van der Waals surface area contributed by atoms with Crippen LogP contribution in [0.1, 0.15) is 5.56 Å². The fraction of sp³-hybridized carbons (Fsp3) is 0.167. The number of aryl methyl sites for hydroxylation is 1. The fourth-order valence-corrected chi connectivity index (χ4v) is 1.80. The van der Waals surface area contributed by atoms with Gasteiger partial charge in [-0.15, -0.1) is 0 Å². The van der Waals surface area contributed by atoms with Crippen molar-refractivity contribution in [3.8, 4) is 17.0 Å². The minimum atomic E-state index is -0.323. The van der Waals surface area contributed by atoms with Crippen molar-refractivity contribution in [3.63, 3.8) is 0 Å². The average molecular weight is 266 g/mol. The molecule has 0 aliphatic carbocycles. The van der Waals surface area contributed by atoms with Gasteiger partial charge in [0.2, 0.25) is 5.95 Å². The van der Waals surface area contributed by atoms with Gasteiger partial charge in [0.15, 0.2) is 0 Å². The van der Waals surface area contributed by atoms with Crippen LogP contribution < -0.4 is 16.0 Å². The summed E-state index contributed by atoms with van der Waals surface area (Å²) in [6, 6.07) is 4.84. The number of nitrogens with one attached hydrogen (secondary N) is 1. The monoisotopic (exact) mass is 265 g/mol. The van der Waals surface area contributed by atoms with Crippen LogP contribution in [0.5, 0.6) is 5.75 Å². The SMILES string of the molecule is COc1cc(C)c(Cl)cc1-c1cc(=O)[nH]c(N)n1. The minimum Gasteiger partial charge on any atom is -0.496 e. The van der Waals surface area contributed by atoms with Crippen LogP contribution in [0.2, 0.25) is 5.02 Å². The zero-order chi connectivity index (χ0) is 13.3. The van der Waals surface area contributed by atoms with Gasteiger partial charge in [0, 0.05) is 16.7 Å². The van der Waals surface area contributed by atoms with Crippen LogP contribution in [0.15, 0.2) is 23.0 Å². The molecule has 2 aromatic rings. The molecule has 0 saturated carbocycles. The predicted octanol–water partition coefficient (Wildman–Crippen LogP) is 1.99. The molecule has 0 spiro atoms. The summed E-state index contributed by atoms with van der Waals surface area (Å²) < 4.78 is 5.26. The molecule has 5 nitrogen and oxygen atoms in total. The summed E-state index contributed by atoms with van der Waals surface area (Å²) in [7, 11) is 1.54. The van der Waals surface area contributed by atoms with Gasteiger partial charge in [0.05, 0.1) is 12.8 Å². The number of nitrogen functional groups attached to an aromatic ring is 1. The van der Waals surface area contributed by atoms with Gasteiger partial charge in [-0.05, 0) is 24.6 Å². The van der Waals surface area contributed by atoms with E-state index in [0.717, 1.165) is 5.56 Å². The molecule has 0 saturated heterocycles. The summed E-state index contributed by atoms with van der Waals surface area (Å²) >= 11 is 6.07. The molecule has 0 aliphatic rings. The third-order valence-electron chi connectivity index (χ3n) is 2.52. The Kier molecular flexibility index (Phi) is 3.25. The van der Waals surface area contributed by atoms with E-state index in [9.17, 15) is 4.79 Å². The van der Waals surface area contributed by atoms with Crippen LogP contribution in [0, 0.1) is 6.92 Å². The average Bonchev–Trinajstić information content (AvgIpc) is 2.30. The van der Waals surface area contributed by atoms with Gasteiger partial charge >= 0.3 is 0 Å². The molecule has 18 heavy (non-hydrogen) atoms. The Hall–Kier alpha value is -2.01. The molecule has 94 valence electrons. The topological polar surface area (TPSA) is 81.0 Å². The standard InChI is InChI=1S/C12H12ClN3O2/c1-6-3-10(18-2)7(4-8(6)13)9-5-11(17)16-12(14)15-9/h3-5H,1-2H3,(H3,14,15,16,17). The van der Waals surface area contributed by atoms with Gasteiger partial charge < -0.3 is 10.5 Å². The third kappa shape index (κ3) is 2.31. The van der Waals surface area contributed by atoms with E-state index in [4.69, 9.17) is 22.1 Å². The fourth-order valence-electron chi connectivity index (χ4n) is 1.64. The quantitative estimate of drug-likeness (QED) is 0.870. The van der Waals surface area contributed by atoms with Gasteiger partial charge in [-0.25, -0.2) is 4.98 Å². The molecule has 0 atom stereocenters. The maximum atomic E-state index is 11.4. The number of H-pyrrole nitrogens is 1. The van der Waals surface area contributed by atoms with Crippen LogP contribution in [0.4, 0.5) is 5.95 Å². The number of hydrogen-bond acceptors (Lipinski definition) is 4. The highest BCUT2D eigenvalue weighted by molar-refractivity contribution is 6.31. The maximum absolute atomic E-state index is 11.4. The van der Waals surface area contributed by atoms with Crippen LogP contribution >= 0.6 is 11.6 Å². The van der Waals surface area contributed by atoms with Gasteiger partial charge in [0.1, 0.15) is 5.75 Å². The van der Waals surface area contributed by atoms with Gasteiger partial charge in [-0.3, -0.25) is 9.78 Å². The Morgan fingerprint density at radius 1 is 1.39 bits per heavy atom. The maximum Gasteiger partial charge on any atom is 0.252 e. The van der Waals surface area contributed by atoms with E-state index in [1.807, 2.05) is 6.92 Å². The molecule has 2 rings (SSSR count). The highest BCUT2D eigenvalue weighted by Gasteiger charge is 2.11. The summed E-state index contributed by atoms with van der Waals surface area (Å²) in [5, 5.41) is 0.575. The van der Waals surface area contributed by atoms with E-state index in [2.05, 4.69) is 9.97 Å². The summed E-state index contributed by atoms with van der Waals surface area (Å²) in [4.78, 5) is 17.8. The minimum absolute atomic E-state index is 0.0521. The van der Waals surface area contributed by atoms with Crippen LogP contribution in [-0.4, -0.2) is 17.1 Å². The lowest BCUT2D eigenvalue weighted by atomic mass is 10.1. The molecular weight excluding hydrogens is 254 g/mol. The number of anilines is 1. The number of ether oxygens (including phenoxy) is 1. The molecule has 0 unspecified atom stereocenters. The number of halogens is 1. The smallest absolute Gasteiger partial charge is 0.252 e. The van der Waals surface area contributed by atoms with Crippen molar-refractivity contribution in [2.45, 2.75) is 6.92 Å². The largest absolute Gasteiger partial charge is 0.496 e. The van der Waals surface area contributed by atoms with E-state index in [1.165, 1.54) is 6.07 Å². The second-order valence-corrected chi connectivity index (χ2v) is 4.22. The molecule has 6 heteroatoms. The first-order valence-corrected chi connectivity index (χ1v) is 5.60. The predicted molar refractivity (Wildman–Crippen MR) is 71.0 cm³/mol. The van der Waals surface area contributed by atoms with Gasteiger partial charge in [-0.1, -0.05) is 11.6 Å². The van der Waals surface area contributed by atoms with Crippen LogP contribution in [0.3, 0.4) is 0 Å². The molecule has 1 heterocycles. The Morgan fingerprint density at radius 3 is 2.72 bits per heavy atom. The molecular formula is C12H12ClN3O2. The number of nitrogens with two attached hydrogens (primary N) is 1. The number of methoxy groups -OCH3 is 1. The molecule has 1 aromatic heterocycles. The van der Waals surface area contributed by atoms with Crippen molar-refractivity contribution >= 4 is 17.5 Å². The van der Waals surface area contributed by atoms with Gasteiger partial charge in [0.25, 0.3) is 5.56 Å². The van der Waals surface area contributed by atoms with E-state index < -0.39 is 0 Å². The number of nitrogens with zero attached hydrogens (tertiary/aromatic N) is 1. The summed E-state index contributed by atoms with van der Waals surface area (Å²) in [6.07, 6.45) is 0. The molecule has 3 N–H and O–H groups in total. The number of benzene rings is 1. The Bertz CT molecular complexity index is 652. The van der Waals surface area contributed by atoms with Crippen molar-refractivity contribution < 1.29 is 4.74 Å².